The first-order valence-electron chi connectivity index (χ1n) is 12.8. The van der Waals surface area contributed by atoms with E-state index >= 15 is 0 Å². The van der Waals surface area contributed by atoms with Crippen LogP contribution in [0.25, 0.3) is 11.3 Å². The predicted molar refractivity (Wildman–Crippen MR) is 137 cm³/mol. The van der Waals surface area contributed by atoms with Gasteiger partial charge >= 0.3 is 0 Å². The molecule has 0 amide bonds. The molecule has 6 heteroatoms. The van der Waals surface area contributed by atoms with E-state index in [9.17, 15) is 0 Å². The topological polar surface area (TPSA) is 46.4 Å². The zero-order chi connectivity index (χ0) is 23.3. The summed E-state index contributed by atoms with van der Waals surface area (Å²) in [7, 11) is 2.26. The second kappa shape index (κ2) is 10.7. The van der Waals surface area contributed by atoms with Gasteiger partial charge in [0.25, 0.3) is 0 Å². The monoisotopic (exact) mass is 459 g/mol. The van der Waals surface area contributed by atoms with Crippen LogP contribution in [0.3, 0.4) is 0 Å². The van der Waals surface area contributed by atoms with Gasteiger partial charge in [-0.15, -0.1) is 5.10 Å². The molecule has 0 radical (unpaired) electrons. The van der Waals surface area contributed by atoms with Gasteiger partial charge in [0.15, 0.2) is 0 Å². The molecule has 2 aliphatic heterocycles. The number of anilines is 1. The van der Waals surface area contributed by atoms with Crippen LogP contribution < -0.4 is 4.90 Å². The number of nitrogens with zero attached hydrogens (tertiary/aromatic N) is 5. The maximum atomic E-state index is 5.86. The molecule has 2 aromatic carbocycles. The Bertz CT molecular complexity index is 1060. The molecule has 34 heavy (non-hydrogen) atoms. The number of hydrogen-bond donors (Lipinski definition) is 0. The molecule has 5 rings (SSSR count). The third-order valence-electron chi connectivity index (χ3n) is 7.35. The van der Waals surface area contributed by atoms with Crippen LogP contribution in [-0.4, -0.2) is 58.8 Å². The quantitative estimate of drug-likeness (QED) is 0.502. The zero-order valence-electron chi connectivity index (χ0n) is 20.6. The Labute approximate surface area is 203 Å². The van der Waals surface area contributed by atoms with Gasteiger partial charge in [0.2, 0.25) is 0 Å². The van der Waals surface area contributed by atoms with Crippen LogP contribution in [0.1, 0.15) is 43.2 Å². The van der Waals surface area contributed by atoms with Crippen molar-refractivity contribution in [3.63, 3.8) is 0 Å². The van der Waals surface area contributed by atoms with Gasteiger partial charge in [-0.25, -0.2) is 4.68 Å². The van der Waals surface area contributed by atoms with E-state index in [1.807, 2.05) is 4.68 Å². The largest absolute Gasteiger partial charge is 0.376 e. The van der Waals surface area contributed by atoms with Crippen LogP contribution in [0, 0.1) is 6.92 Å². The lowest BCUT2D eigenvalue weighted by molar-refractivity contribution is 0.00370. The van der Waals surface area contributed by atoms with E-state index in [0.717, 1.165) is 50.5 Å². The summed E-state index contributed by atoms with van der Waals surface area (Å²) in [5, 5.41) is 8.84. The van der Waals surface area contributed by atoms with Crippen LogP contribution in [0.4, 0.5) is 5.69 Å². The lowest BCUT2D eigenvalue weighted by Gasteiger charge is -2.39. The molecular weight excluding hydrogens is 422 g/mol. The molecule has 1 aromatic heterocycles. The van der Waals surface area contributed by atoms with Crippen LogP contribution in [0.15, 0.2) is 54.7 Å². The highest BCUT2D eigenvalue weighted by molar-refractivity contribution is 5.67. The summed E-state index contributed by atoms with van der Waals surface area (Å²) in [4.78, 5) is 5.06. The Kier molecular flexibility index (Phi) is 7.26. The Balaban J connectivity index is 1.23. The van der Waals surface area contributed by atoms with Crippen molar-refractivity contribution in [2.75, 3.05) is 31.6 Å². The van der Waals surface area contributed by atoms with E-state index in [0.29, 0.717) is 6.04 Å². The Morgan fingerprint density at radius 3 is 2.74 bits per heavy atom. The fourth-order valence-electron chi connectivity index (χ4n) is 5.35. The summed E-state index contributed by atoms with van der Waals surface area (Å²) >= 11 is 0. The highest BCUT2D eigenvalue weighted by atomic mass is 16.5. The summed E-state index contributed by atoms with van der Waals surface area (Å²) in [5.74, 6) is 0. The molecule has 2 saturated heterocycles. The van der Waals surface area contributed by atoms with Gasteiger partial charge in [0.1, 0.15) is 5.69 Å². The van der Waals surface area contributed by atoms with Crippen LogP contribution in [0.5, 0.6) is 0 Å². The first-order chi connectivity index (χ1) is 16.7. The molecule has 0 bridgehead atoms. The van der Waals surface area contributed by atoms with Gasteiger partial charge in [-0.3, -0.25) is 4.90 Å². The second-order valence-corrected chi connectivity index (χ2v) is 9.96. The summed E-state index contributed by atoms with van der Waals surface area (Å²) < 4.78 is 7.81. The van der Waals surface area contributed by atoms with Crippen molar-refractivity contribution in [3.05, 3.63) is 65.9 Å². The minimum atomic E-state index is 0.263. The summed E-state index contributed by atoms with van der Waals surface area (Å²) in [6.07, 6.45) is 8.33. The number of aromatic nitrogens is 3. The molecule has 0 spiro atoms. The molecule has 0 saturated carbocycles. The standard InChI is InChI=1S/C28H37N5O/c1-22-17-24(32-15-8-11-25(19-32)31(2)18-23-9-4-3-5-10-23)13-14-27(22)28-21-33(30-29-28)20-26-12-6-7-16-34-26/h3-5,9-10,13-14,17,21,25-26H,6-8,11-12,15-16,18-20H2,1-2H3/t25?,26-/m1/s1. The third-order valence-corrected chi connectivity index (χ3v) is 7.35. The number of aryl methyl sites for hydroxylation is 1. The van der Waals surface area contributed by atoms with E-state index in [-0.39, 0.29) is 6.10 Å². The van der Waals surface area contributed by atoms with Crippen molar-refractivity contribution in [2.45, 2.75) is 64.3 Å². The minimum absolute atomic E-state index is 0.263. The number of benzene rings is 2. The molecule has 1 unspecified atom stereocenters. The minimum Gasteiger partial charge on any atom is -0.376 e. The lowest BCUT2D eigenvalue weighted by Crippen LogP contribution is -2.46. The number of rotatable bonds is 7. The smallest absolute Gasteiger partial charge is 0.113 e. The van der Waals surface area contributed by atoms with Gasteiger partial charge in [-0.1, -0.05) is 41.6 Å². The number of hydrogen-bond acceptors (Lipinski definition) is 5. The van der Waals surface area contributed by atoms with E-state index in [2.05, 4.69) is 88.8 Å². The van der Waals surface area contributed by atoms with Crippen molar-refractivity contribution in [3.8, 4) is 11.3 Å². The fourth-order valence-corrected chi connectivity index (χ4v) is 5.35. The highest BCUT2D eigenvalue weighted by Gasteiger charge is 2.24. The fraction of sp³-hybridized carbons (Fsp3) is 0.500. The molecule has 2 fully saturated rings. The Hall–Kier alpha value is -2.70. The molecule has 3 aromatic rings. The first kappa shape index (κ1) is 23.1. The summed E-state index contributed by atoms with van der Waals surface area (Å²) in [6.45, 7) is 7.03. The van der Waals surface area contributed by atoms with Crippen molar-refractivity contribution >= 4 is 5.69 Å². The maximum absolute atomic E-state index is 5.86. The Morgan fingerprint density at radius 1 is 1.06 bits per heavy atom. The average Bonchev–Trinajstić information content (AvgIpc) is 3.33. The SMILES string of the molecule is Cc1cc(N2CCCC(N(C)Cc3ccccc3)C2)ccc1-c1cn(C[C@H]2CCCCO2)nn1. The van der Waals surface area contributed by atoms with Crippen LogP contribution >= 0.6 is 0 Å². The molecule has 0 N–H and O–H groups in total. The molecule has 180 valence electrons. The molecular formula is C28H37N5O. The van der Waals surface area contributed by atoms with Crippen molar-refractivity contribution in [2.24, 2.45) is 0 Å². The van der Waals surface area contributed by atoms with E-state index in [1.165, 1.54) is 42.5 Å². The first-order valence-corrected chi connectivity index (χ1v) is 12.8. The summed E-state index contributed by atoms with van der Waals surface area (Å²) in [5.41, 5.74) is 6.04. The predicted octanol–water partition coefficient (Wildman–Crippen LogP) is 4.92. The van der Waals surface area contributed by atoms with Gasteiger partial charge in [0, 0.05) is 43.5 Å². The molecule has 0 aliphatic carbocycles. The van der Waals surface area contributed by atoms with Gasteiger partial charge in [-0.05, 0) is 69.3 Å². The van der Waals surface area contributed by atoms with Crippen molar-refractivity contribution < 1.29 is 4.74 Å². The van der Waals surface area contributed by atoms with Gasteiger partial charge in [0.05, 0.1) is 18.8 Å². The number of likely N-dealkylation sites (N-methyl/N-ethyl adjacent to an activating group) is 1. The number of ether oxygens (including phenoxy) is 1. The molecule has 6 nitrogen and oxygen atoms in total. The maximum Gasteiger partial charge on any atom is 0.113 e. The molecule has 2 aliphatic rings. The van der Waals surface area contributed by atoms with E-state index in [4.69, 9.17) is 4.74 Å². The number of piperidine rings is 1. The van der Waals surface area contributed by atoms with Crippen LogP contribution in [0.2, 0.25) is 0 Å². The van der Waals surface area contributed by atoms with Crippen LogP contribution in [-0.2, 0) is 17.8 Å². The van der Waals surface area contributed by atoms with E-state index < -0.39 is 0 Å². The van der Waals surface area contributed by atoms with Crippen molar-refractivity contribution in [1.29, 1.82) is 0 Å². The molecule has 3 heterocycles. The van der Waals surface area contributed by atoms with Gasteiger partial charge in [-0.2, -0.15) is 0 Å². The summed E-state index contributed by atoms with van der Waals surface area (Å²) in [6, 6.07) is 18.1. The normalized spacial score (nSPS) is 21.2. The average molecular weight is 460 g/mol. The Morgan fingerprint density at radius 2 is 1.94 bits per heavy atom. The molecule has 2 atom stereocenters. The van der Waals surface area contributed by atoms with Crippen molar-refractivity contribution in [1.82, 2.24) is 19.9 Å². The highest BCUT2D eigenvalue weighted by Crippen LogP contribution is 2.29. The zero-order valence-corrected chi connectivity index (χ0v) is 20.6. The van der Waals surface area contributed by atoms with Gasteiger partial charge < -0.3 is 9.64 Å². The lowest BCUT2D eigenvalue weighted by atomic mass is 10.0. The van der Waals surface area contributed by atoms with E-state index in [1.54, 1.807) is 0 Å². The second-order valence-electron chi connectivity index (χ2n) is 9.96. The third kappa shape index (κ3) is 5.50.